The normalized spacial score (nSPS) is 11.3. The lowest BCUT2D eigenvalue weighted by atomic mass is 10.1. The molecule has 2 amide bonds. The predicted molar refractivity (Wildman–Crippen MR) is 124 cm³/mol. The number of hydrogen-bond acceptors (Lipinski definition) is 6. The van der Waals surface area contributed by atoms with Crippen LogP contribution in [0.4, 0.5) is 5.69 Å². The summed E-state index contributed by atoms with van der Waals surface area (Å²) in [4.78, 5) is 25.1. The molecule has 0 aliphatic carbocycles. The second kappa shape index (κ2) is 9.31. The minimum Gasteiger partial charge on any atom is -0.360 e. The highest BCUT2D eigenvalue weighted by Gasteiger charge is 2.21. The van der Waals surface area contributed by atoms with E-state index in [0.717, 1.165) is 11.1 Å². The Morgan fingerprint density at radius 3 is 2.39 bits per heavy atom. The van der Waals surface area contributed by atoms with E-state index in [4.69, 9.17) is 4.52 Å². The molecule has 0 spiro atoms. The van der Waals surface area contributed by atoms with Gasteiger partial charge in [-0.3, -0.25) is 14.3 Å². The first-order valence-corrected chi connectivity index (χ1v) is 10.2. The van der Waals surface area contributed by atoms with E-state index in [-0.39, 0.29) is 5.91 Å². The first kappa shape index (κ1) is 21.7. The number of carbonyl (C=O) groups is 2. The highest BCUT2D eigenvalue weighted by atomic mass is 16.5. The van der Waals surface area contributed by atoms with Gasteiger partial charge in [0.25, 0.3) is 11.8 Å². The van der Waals surface area contributed by atoms with E-state index in [1.54, 1.807) is 45.3 Å². The summed E-state index contributed by atoms with van der Waals surface area (Å²) in [6.07, 6.45) is 1.57. The van der Waals surface area contributed by atoms with Crippen molar-refractivity contribution in [3.8, 4) is 11.3 Å². The Hall–Kier alpha value is -4.53. The zero-order valence-electron chi connectivity index (χ0n) is 18.4. The summed E-state index contributed by atoms with van der Waals surface area (Å²) in [5.41, 5.74) is 6.64. The molecule has 0 saturated heterocycles. The maximum atomic E-state index is 12.8. The molecule has 33 heavy (non-hydrogen) atoms. The molecule has 0 aliphatic rings. The monoisotopic (exact) mass is 442 g/mol. The van der Waals surface area contributed by atoms with Gasteiger partial charge >= 0.3 is 0 Å². The van der Waals surface area contributed by atoms with Crippen LogP contribution in [0.3, 0.4) is 0 Å². The van der Waals surface area contributed by atoms with Crippen molar-refractivity contribution in [2.75, 3.05) is 5.32 Å². The van der Waals surface area contributed by atoms with Gasteiger partial charge in [-0.25, -0.2) is 5.43 Å². The zero-order chi connectivity index (χ0) is 23.4. The Morgan fingerprint density at radius 2 is 1.73 bits per heavy atom. The van der Waals surface area contributed by atoms with Crippen molar-refractivity contribution in [3.63, 3.8) is 0 Å². The van der Waals surface area contributed by atoms with Crippen LogP contribution in [0, 0.1) is 6.92 Å². The second-order valence-electron chi connectivity index (χ2n) is 7.34. The minimum atomic E-state index is -0.410. The van der Waals surface area contributed by atoms with Crippen LogP contribution < -0.4 is 10.7 Å². The highest BCUT2D eigenvalue weighted by Crippen LogP contribution is 2.25. The average Bonchev–Trinajstić information content (AvgIpc) is 3.43. The minimum absolute atomic E-state index is 0.251. The predicted octanol–water partition coefficient (Wildman–Crippen LogP) is 3.79. The standard InChI is InChI=1S/C24H22N6O3/c1-15(17-9-11-19(12-10-17)26-23(31)20-13-14-25-30(20)3)27-28-24(32)21-16(2)33-29-22(21)18-7-5-4-6-8-18/h4-14H,1-3H3,(H,26,31)(H,28,32)/b27-15-. The molecular formula is C24H22N6O3. The Labute approximate surface area is 190 Å². The van der Waals surface area contributed by atoms with Crippen molar-refractivity contribution in [1.82, 2.24) is 20.4 Å². The van der Waals surface area contributed by atoms with Crippen molar-refractivity contribution in [3.05, 3.63) is 89.4 Å². The highest BCUT2D eigenvalue weighted by molar-refractivity contribution is 6.05. The zero-order valence-corrected chi connectivity index (χ0v) is 18.4. The number of nitrogens with one attached hydrogen (secondary N) is 2. The van der Waals surface area contributed by atoms with Gasteiger partial charge in [-0.05, 0) is 37.6 Å². The van der Waals surface area contributed by atoms with Crippen molar-refractivity contribution >= 4 is 23.2 Å². The third-order valence-corrected chi connectivity index (χ3v) is 5.08. The molecular weight excluding hydrogens is 420 g/mol. The van der Waals surface area contributed by atoms with Gasteiger partial charge in [0.15, 0.2) is 0 Å². The molecule has 0 aliphatic heterocycles. The second-order valence-corrected chi connectivity index (χ2v) is 7.34. The van der Waals surface area contributed by atoms with E-state index in [9.17, 15) is 9.59 Å². The molecule has 0 unspecified atom stereocenters. The fourth-order valence-electron chi connectivity index (χ4n) is 3.27. The van der Waals surface area contributed by atoms with E-state index in [0.29, 0.717) is 34.1 Å². The number of aromatic nitrogens is 3. The van der Waals surface area contributed by atoms with Crippen LogP contribution >= 0.6 is 0 Å². The van der Waals surface area contributed by atoms with Crippen LogP contribution in [0.15, 0.2) is 76.5 Å². The van der Waals surface area contributed by atoms with Gasteiger partial charge in [-0.15, -0.1) is 0 Å². The summed E-state index contributed by atoms with van der Waals surface area (Å²) < 4.78 is 6.75. The lowest BCUT2D eigenvalue weighted by Gasteiger charge is -2.07. The van der Waals surface area contributed by atoms with Crippen LogP contribution in [0.1, 0.15) is 39.1 Å². The Bertz CT molecular complexity index is 1320. The van der Waals surface area contributed by atoms with E-state index in [2.05, 4.69) is 26.1 Å². The summed E-state index contributed by atoms with van der Waals surface area (Å²) in [5, 5.41) is 15.1. The third kappa shape index (κ3) is 4.72. The van der Waals surface area contributed by atoms with Crippen molar-refractivity contribution < 1.29 is 14.1 Å². The summed E-state index contributed by atoms with van der Waals surface area (Å²) in [6, 6.07) is 18.1. The van der Waals surface area contributed by atoms with Crippen LogP contribution in [0.5, 0.6) is 0 Å². The van der Waals surface area contributed by atoms with Gasteiger partial charge in [0.1, 0.15) is 22.7 Å². The van der Waals surface area contributed by atoms with Gasteiger partial charge in [0, 0.05) is 24.5 Å². The molecule has 4 aromatic rings. The molecule has 9 heteroatoms. The van der Waals surface area contributed by atoms with Gasteiger partial charge in [-0.1, -0.05) is 47.6 Å². The number of hydrazone groups is 1. The molecule has 0 bridgehead atoms. The Morgan fingerprint density at radius 1 is 1.00 bits per heavy atom. The quantitative estimate of drug-likeness (QED) is 0.348. The van der Waals surface area contributed by atoms with Crippen LogP contribution in [0.25, 0.3) is 11.3 Å². The average molecular weight is 442 g/mol. The smallest absolute Gasteiger partial charge is 0.277 e. The van der Waals surface area contributed by atoms with E-state index < -0.39 is 5.91 Å². The maximum Gasteiger partial charge on any atom is 0.277 e. The fraction of sp³-hybridized carbons (Fsp3) is 0.125. The van der Waals surface area contributed by atoms with Gasteiger partial charge in [0.05, 0.1) is 5.71 Å². The molecule has 9 nitrogen and oxygen atoms in total. The summed E-state index contributed by atoms with van der Waals surface area (Å²) >= 11 is 0. The number of benzene rings is 2. The lowest BCUT2D eigenvalue weighted by Crippen LogP contribution is -2.20. The number of hydrogen-bond donors (Lipinski definition) is 2. The number of aryl methyl sites for hydroxylation is 2. The fourth-order valence-corrected chi connectivity index (χ4v) is 3.27. The number of nitrogens with zero attached hydrogens (tertiary/aromatic N) is 4. The van der Waals surface area contributed by atoms with Crippen LogP contribution in [0.2, 0.25) is 0 Å². The van der Waals surface area contributed by atoms with Crippen LogP contribution in [-0.4, -0.2) is 32.5 Å². The summed E-state index contributed by atoms with van der Waals surface area (Å²) in [5.74, 6) is -0.251. The molecule has 2 N–H and O–H groups in total. The maximum absolute atomic E-state index is 12.8. The third-order valence-electron chi connectivity index (χ3n) is 5.08. The Kier molecular flexibility index (Phi) is 6.12. The Balaban J connectivity index is 1.44. The van der Waals surface area contributed by atoms with Crippen molar-refractivity contribution in [2.45, 2.75) is 13.8 Å². The largest absolute Gasteiger partial charge is 0.360 e. The topological polar surface area (TPSA) is 114 Å². The van der Waals surface area contributed by atoms with Crippen molar-refractivity contribution in [2.24, 2.45) is 12.1 Å². The molecule has 2 heterocycles. The number of rotatable bonds is 6. The molecule has 0 saturated carbocycles. The first-order chi connectivity index (χ1) is 15.9. The molecule has 2 aromatic carbocycles. The molecule has 166 valence electrons. The summed E-state index contributed by atoms with van der Waals surface area (Å²) in [6.45, 7) is 3.46. The molecule has 0 radical (unpaired) electrons. The molecule has 2 aromatic heterocycles. The molecule has 4 rings (SSSR count). The number of amides is 2. The van der Waals surface area contributed by atoms with Crippen LogP contribution in [-0.2, 0) is 7.05 Å². The first-order valence-electron chi connectivity index (χ1n) is 10.2. The SMILES string of the molecule is C/C(=N/NC(=O)c1c(-c2ccccc2)noc1C)c1ccc(NC(=O)c2ccnn2C)cc1. The lowest BCUT2D eigenvalue weighted by molar-refractivity contribution is 0.0952. The van der Waals surface area contributed by atoms with Gasteiger partial charge in [-0.2, -0.15) is 10.2 Å². The van der Waals surface area contributed by atoms with E-state index in [1.807, 2.05) is 42.5 Å². The van der Waals surface area contributed by atoms with Gasteiger partial charge in [0.2, 0.25) is 0 Å². The van der Waals surface area contributed by atoms with Crippen molar-refractivity contribution in [1.29, 1.82) is 0 Å². The van der Waals surface area contributed by atoms with E-state index in [1.165, 1.54) is 4.68 Å². The number of anilines is 1. The molecule has 0 fully saturated rings. The number of carbonyl (C=O) groups excluding carboxylic acids is 2. The van der Waals surface area contributed by atoms with Gasteiger partial charge < -0.3 is 9.84 Å². The molecule has 0 atom stereocenters. The summed E-state index contributed by atoms with van der Waals surface area (Å²) in [7, 11) is 1.70. The van der Waals surface area contributed by atoms with E-state index >= 15 is 0 Å².